The first-order valence-electron chi connectivity index (χ1n) is 7.63. The number of hydrogen-bond donors (Lipinski definition) is 1. The van der Waals surface area contributed by atoms with E-state index in [2.05, 4.69) is 12.6 Å². The molecule has 3 aromatic carbocycles. The summed E-state index contributed by atoms with van der Waals surface area (Å²) in [6.45, 7) is 1.15. The Kier molecular flexibility index (Phi) is 4.80. The van der Waals surface area contributed by atoms with E-state index in [1.807, 2.05) is 0 Å². The first kappa shape index (κ1) is 18.5. The average molecular weight is 380 g/mol. The van der Waals surface area contributed by atoms with Crippen molar-refractivity contribution in [3.05, 3.63) is 77.4 Å². The van der Waals surface area contributed by atoms with Crippen LogP contribution < -0.4 is 0 Å². The predicted octanol–water partition coefficient (Wildman–Crippen LogP) is 6.91. The van der Waals surface area contributed by atoms with E-state index in [0.29, 0.717) is 11.6 Å². The van der Waals surface area contributed by atoms with Crippen molar-refractivity contribution in [1.82, 2.24) is 0 Å². The van der Waals surface area contributed by atoms with Crippen LogP contribution in [-0.4, -0.2) is 0 Å². The van der Waals surface area contributed by atoms with Gasteiger partial charge in [0.1, 0.15) is 11.6 Å². The van der Waals surface area contributed by atoms with Gasteiger partial charge in [-0.3, -0.25) is 0 Å². The van der Waals surface area contributed by atoms with Crippen LogP contribution in [0.25, 0.3) is 22.3 Å². The summed E-state index contributed by atoms with van der Waals surface area (Å²) < 4.78 is 67.1. The second-order valence-electron chi connectivity index (χ2n) is 5.89. The van der Waals surface area contributed by atoms with Gasteiger partial charge in [0.05, 0.1) is 5.56 Å². The second kappa shape index (κ2) is 6.76. The Morgan fingerprint density at radius 3 is 1.85 bits per heavy atom. The second-order valence-corrected chi connectivity index (χ2v) is 6.41. The van der Waals surface area contributed by atoms with Crippen LogP contribution in [0.5, 0.6) is 0 Å². The van der Waals surface area contributed by atoms with Crippen LogP contribution in [-0.2, 0) is 6.18 Å². The van der Waals surface area contributed by atoms with Crippen LogP contribution in [0.1, 0.15) is 11.1 Å². The Balaban J connectivity index is 2.04. The number of rotatable bonds is 2. The number of halogens is 5. The van der Waals surface area contributed by atoms with Crippen LogP contribution in [0.15, 0.2) is 59.5 Å². The molecule has 0 aliphatic carbocycles. The SMILES string of the molecule is Cc1cc(-c2ccc(-c3ccc(S)cc3)cc2F)cc(F)c1C(F)(F)F. The van der Waals surface area contributed by atoms with Gasteiger partial charge < -0.3 is 0 Å². The van der Waals surface area contributed by atoms with Crippen LogP contribution in [0.4, 0.5) is 22.0 Å². The number of hydrogen-bond acceptors (Lipinski definition) is 1. The van der Waals surface area contributed by atoms with Crippen LogP contribution >= 0.6 is 12.6 Å². The molecule has 0 saturated heterocycles. The first-order chi connectivity index (χ1) is 12.2. The Bertz CT molecular complexity index is 936. The van der Waals surface area contributed by atoms with E-state index in [1.165, 1.54) is 12.1 Å². The van der Waals surface area contributed by atoms with Gasteiger partial charge in [-0.05, 0) is 53.4 Å². The van der Waals surface area contributed by atoms with Crippen molar-refractivity contribution in [3.8, 4) is 22.3 Å². The van der Waals surface area contributed by atoms with Crippen molar-refractivity contribution in [3.63, 3.8) is 0 Å². The van der Waals surface area contributed by atoms with E-state index >= 15 is 0 Å². The summed E-state index contributed by atoms with van der Waals surface area (Å²) in [6, 6.07) is 13.3. The summed E-state index contributed by atoms with van der Waals surface area (Å²) in [7, 11) is 0. The van der Waals surface area contributed by atoms with Gasteiger partial charge in [0.2, 0.25) is 0 Å². The van der Waals surface area contributed by atoms with Crippen molar-refractivity contribution in [2.75, 3.05) is 0 Å². The summed E-state index contributed by atoms with van der Waals surface area (Å²) >= 11 is 4.19. The van der Waals surface area contributed by atoms with Gasteiger partial charge in [-0.25, -0.2) is 8.78 Å². The molecule has 0 N–H and O–H groups in total. The van der Waals surface area contributed by atoms with Crippen molar-refractivity contribution in [2.24, 2.45) is 0 Å². The van der Waals surface area contributed by atoms with Crippen molar-refractivity contribution in [1.29, 1.82) is 0 Å². The summed E-state index contributed by atoms with van der Waals surface area (Å²) in [5, 5.41) is 0. The molecule has 0 atom stereocenters. The molecule has 0 aromatic heterocycles. The molecule has 0 bridgehead atoms. The van der Waals surface area contributed by atoms with Crippen LogP contribution in [0.2, 0.25) is 0 Å². The minimum Gasteiger partial charge on any atom is -0.206 e. The molecule has 134 valence electrons. The summed E-state index contributed by atoms with van der Waals surface area (Å²) in [4.78, 5) is 0.765. The molecule has 0 saturated carbocycles. The number of alkyl halides is 3. The fraction of sp³-hybridized carbons (Fsp3) is 0.100. The van der Waals surface area contributed by atoms with Gasteiger partial charge in [0, 0.05) is 10.5 Å². The summed E-state index contributed by atoms with van der Waals surface area (Å²) in [5.74, 6) is -2.06. The molecule has 26 heavy (non-hydrogen) atoms. The van der Waals surface area contributed by atoms with E-state index in [-0.39, 0.29) is 16.7 Å². The Labute approximate surface area is 152 Å². The highest BCUT2D eigenvalue weighted by atomic mass is 32.1. The lowest BCUT2D eigenvalue weighted by Crippen LogP contribution is -2.11. The molecule has 3 aromatic rings. The maximum Gasteiger partial charge on any atom is 0.419 e. The van der Waals surface area contributed by atoms with Gasteiger partial charge in [-0.1, -0.05) is 30.3 Å². The van der Waals surface area contributed by atoms with E-state index < -0.39 is 23.4 Å². The van der Waals surface area contributed by atoms with Gasteiger partial charge in [0.15, 0.2) is 0 Å². The molecule has 0 heterocycles. The van der Waals surface area contributed by atoms with Crippen LogP contribution in [0, 0.1) is 18.6 Å². The molecule has 0 amide bonds. The van der Waals surface area contributed by atoms with Gasteiger partial charge in [-0.15, -0.1) is 12.6 Å². The van der Waals surface area contributed by atoms with Crippen molar-refractivity contribution in [2.45, 2.75) is 18.0 Å². The van der Waals surface area contributed by atoms with Crippen LogP contribution in [0.3, 0.4) is 0 Å². The normalized spacial score (nSPS) is 11.7. The van der Waals surface area contributed by atoms with Crippen molar-refractivity contribution < 1.29 is 22.0 Å². The van der Waals surface area contributed by atoms with E-state index in [1.54, 1.807) is 30.3 Å². The maximum atomic E-state index is 14.5. The molecule has 0 fully saturated rings. The monoisotopic (exact) mass is 380 g/mol. The molecule has 0 aliphatic heterocycles. The average Bonchev–Trinajstić information content (AvgIpc) is 2.53. The first-order valence-corrected chi connectivity index (χ1v) is 8.08. The highest BCUT2D eigenvalue weighted by Gasteiger charge is 2.36. The highest BCUT2D eigenvalue weighted by Crippen LogP contribution is 2.37. The number of aryl methyl sites for hydroxylation is 1. The lowest BCUT2D eigenvalue weighted by atomic mass is 9.96. The molecule has 6 heteroatoms. The third kappa shape index (κ3) is 3.60. The standard InChI is InChI=1S/C20H13F5S/c1-11-8-14(10-18(22)19(11)20(23,24)25)16-7-4-13(9-17(16)21)12-2-5-15(26)6-3-12/h2-10,26H,1H3. The quantitative estimate of drug-likeness (QED) is 0.362. The Morgan fingerprint density at radius 2 is 1.31 bits per heavy atom. The van der Waals surface area contributed by atoms with Gasteiger partial charge in [0.25, 0.3) is 0 Å². The number of thiol groups is 1. The van der Waals surface area contributed by atoms with Crippen molar-refractivity contribution >= 4 is 12.6 Å². The molecule has 0 unspecified atom stereocenters. The molecule has 0 radical (unpaired) electrons. The molecule has 0 nitrogen and oxygen atoms in total. The maximum absolute atomic E-state index is 14.5. The number of benzene rings is 3. The van der Waals surface area contributed by atoms with E-state index in [9.17, 15) is 22.0 Å². The van der Waals surface area contributed by atoms with Gasteiger partial charge >= 0.3 is 6.18 Å². The smallest absolute Gasteiger partial charge is 0.206 e. The zero-order valence-electron chi connectivity index (χ0n) is 13.5. The van der Waals surface area contributed by atoms with E-state index in [0.717, 1.165) is 23.4 Å². The topological polar surface area (TPSA) is 0 Å². The molecule has 0 aliphatic rings. The fourth-order valence-electron chi connectivity index (χ4n) is 2.84. The third-order valence-electron chi connectivity index (χ3n) is 4.05. The largest absolute Gasteiger partial charge is 0.419 e. The minimum atomic E-state index is -4.80. The minimum absolute atomic E-state index is 0.0373. The molecule has 3 rings (SSSR count). The third-order valence-corrected chi connectivity index (χ3v) is 4.35. The van der Waals surface area contributed by atoms with Gasteiger partial charge in [-0.2, -0.15) is 13.2 Å². The summed E-state index contributed by atoms with van der Waals surface area (Å²) in [6.07, 6.45) is -4.80. The van der Waals surface area contributed by atoms with E-state index in [4.69, 9.17) is 0 Å². The lowest BCUT2D eigenvalue weighted by molar-refractivity contribution is -0.140. The molecular formula is C20H13F5S. The fourth-order valence-corrected chi connectivity index (χ4v) is 2.99. The highest BCUT2D eigenvalue weighted by molar-refractivity contribution is 7.80. The Morgan fingerprint density at radius 1 is 0.731 bits per heavy atom. The zero-order chi connectivity index (χ0) is 19.1. The summed E-state index contributed by atoms with van der Waals surface area (Å²) in [5.41, 5.74) is -0.157. The predicted molar refractivity (Wildman–Crippen MR) is 94.2 cm³/mol. The zero-order valence-corrected chi connectivity index (χ0v) is 14.4. The Hall–Kier alpha value is -2.34. The lowest BCUT2D eigenvalue weighted by Gasteiger charge is -2.14. The molecule has 0 spiro atoms. The molecular weight excluding hydrogens is 367 g/mol.